The van der Waals surface area contributed by atoms with E-state index in [2.05, 4.69) is 24.4 Å². The Kier molecular flexibility index (Phi) is 4.27. The smallest absolute Gasteiger partial charge is 0.255 e. The van der Waals surface area contributed by atoms with Gasteiger partial charge in [-0.05, 0) is 31.7 Å². The SMILES string of the molecule is CCCc1nn(Cc2ccccc2)c(C)c1C(=O)NC1CC1. The van der Waals surface area contributed by atoms with Crippen molar-refractivity contribution in [3.05, 3.63) is 52.8 Å². The molecule has 0 bridgehead atoms. The van der Waals surface area contributed by atoms with Crippen molar-refractivity contribution in [3.8, 4) is 0 Å². The molecule has 0 aliphatic heterocycles. The highest BCUT2D eigenvalue weighted by atomic mass is 16.1. The van der Waals surface area contributed by atoms with Gasteiger partial charge in [0.05, 0.1) is 17.8 Å². The minimum absolute atomic E-state index is 0.0442. The summed E-state index contributed by atoms with van der Waals surface area (Å²) in [7, 11) is 0. The third-order valence-corrected chi connectivity index (χ3v) is 4.08. The molecule has 1 amide bonds. The molecule has 4 nitrogen and oxygen atoms in total. The number of nitrogens with zero attached hydrogens (tertiary/aromatic N) is 2. The molecule has 0 saturated heterocycles. The minimum Gasteiger partial charge on any atom is -0.349 e. The van der Waals surface area contributed by atoms with Crippen LogP contribution in [-0.2, 0) is 13.0 Å². The van der Waals surface area contributed by atoms with Crippen LogP contribution in [0.4, 0.5) is 0 Å². The summed E-state index contributed by atoms with van der Waals surface area (Å²) in [6.07, 6.45) is 4.04. The first-order valence-electron chi connectivity index (χ1n) is 8.10. The first-order valence-corrected chi connectivity index (χ1v) is 8.10. The van der Waals surface area contributed by atoms with Crippen LogP contribution < -0.4 is 5.32 Å². The number of rotatable bonds is 6. The van der Waals surface area contributed by atoms with Gasteiger partial charge in [-0.1, -0.05) is 43.7 Å². The molecule has 0 unspecified atom stereocenters. The van der Waals surface area contributed by atoms with Crippen molar-refractivity contribution >= 4 is 5.91 Å². The average Bonchev–Trinajstić information content (AvgIpc) is 3.26. The van der Waals surface area contributed by atoms with Crippen molar-refractivity contribution in [1.29, 1.82) is 0 Å². The molecule has 4 heteroatoms. The van der Waals surface area contributed by atoms with Crippen LogP contribution in [0.5, 0.6) is 0 Å². The van der Waals surface area contributed by atoms with Crippen LogP contribution in [0.3, 0.4) is 0 Å². The summed E-state index contributed by atoms with van der Waals surface area (Å²) in [5, 5.41) is 7.79. The first kappa shape index (κ1) is 14.8. The number of benzene rings is 1. The second kappa shape index (κ2) is 6.34. The van der Waals surface area contributed by atoms with Gasteiger partial charge in [0.1, 0.15) is 0 Å². The van der Waals surface area contributed by atoms with Gasteiger partial charge >= 0.3 is 0 Å². The van der Waals surface area contributed by atoms with Gasteiger partial charge in [0.15, 0.2) is 0 Å². The topological polar surface area (TPSA) is 46.9 Å². The van der Waals surface area contributed by atoms with E-state index in [-0.39, 0.29) is 5.91 Å². The summed E-state index contributed by atoms with van der Waals surface area (Å²) in [5.74, 6) is 0.0442. The molecule has 1 aromatic heterocycles. The van der Waals surface area contributed by atoms with Crippen LogP contribution in [0.1, 0.15) is 53.5 Å². The molecule has 1 heterocycles. The Bertz CT molecular complexity index is 656. The Morgan fingerprint density at radius 2 is 2.05 bits per heavy atom. The molecule has 1 N–H and O–H groups in total. The maximum atomic E-state index is 12.5. The fourth-order valence-electron chi connectivity index (χ4n) is 2.71. The summed E-state index contributed by atoms with van der Waals surface area (Å²) in [6.45, 7) is 4.82. The van der Waals surface area contributed by atoms with E-state index in [1.165, 1.54) is 5.56 Å². The Labute approximate surface area is 131 Å². The van der Waals surface area contributed by atoms with Crippen LogP contribution in [0, 0.1) is 6.92 Å². The van der Waals surface area contributed by atoms with Gasteiger partial charge in [0.25, 0.3) is 5.91 Å². The van der Waals surface area contributed by atoms with E-state index in [4.69, 9.17) is 5.10 Å². The summed E-state index contributed by atoms with van der Waals surface area (Å²) in [4.78, 5) is 12.5. The van der Waals surface area contributed by atoms with Gasteiger partial charge in [0, 0.05) is 11.7 Å². The molecule has 0 spiro atoms. The van der Waals surface area contributed by atoms with Crippen molar-refractivity contribution < 1.29 is 4.79 Å². The van der Waals surface area contributed by atoms with E-state index >= 15 is 0 Å². The number of hydrogen-bond donors (Lipinski definition) is 1. The van der Waals surface area contributed by atoms with Crippen LogP contribution in [0.25, 0.3) is 0 Å². The fourth-order valence-corrected chi connectivity index (χ4v) is 2.71. The predicted octanol–water partition coefficient (Wildman–Crippen LogP) is 3.08. The molecule has 1 aromatic carbocycles. The van der Waals surface area contributed by atoms with E-state index in [0.29, 0.717) is 12.6 Å². The fraction of sp³-hybridized carbons (Fsp3) is 0.444. The van der Waals surface area contributed by atoms with Crippen molar-refractivity contribution in [2.45, 2.75) is 52.1 Å². The van der Waals surface area contributed by atoms with Gasteiger partial charge in [-0.3, -0.25) is 9.48 Å². The Morgan fingerprint density at radius 1 is 1.32 bits per heavy atom. The Balaban J connectivity index is 1.88. The average molecular weight is 297 g/mol. The van der Waals surface area contributed by atoms with E-state index in [0.717, 1.165) is 42.6 Å². The lowest BCUT2D eigenvalue weighted by molar-refractivity contribution is 0.0949. The standard InChI is InChI=1S/C18H23N3O/c1-3-7-16-17(18(22)19-15-10-11-15)13(2)21(20-16)12-14-8-5-4-6-9-14/h4-6,8-9,15H,3,7,10-12H2,1-2H3,(H,19,22). The van der Waals surface area contributed by atoms with Crippen LogP contribution in [0.15, 0.2) is 30.3 Å². The van der Waals surface area contributed by atoms with Crippen molar-refractivity contribution in [2.75, 3.05) is 0 Å². The van der Waals surface area contributed by atoms with Gasteiger partial charge < -0.3 is 5.32 Å². The zero-order valence-corrected chi connectivity index (χ0v) is 13.3. The normalized spacial score (nSPS) is 14.1. The molecule has 1 aliphatic carbocycles. The molecule has 1 fully saturated rings. The second-order valence-electron chi connectivity index (χ2n) is 6.05. The number of aryl methyl sites for hydroxylation is 1. The maximum absolute atomic E-state index is 12.5. The highest BCUT2D eigenvalue weighted by Crippen LogP contribution is 2.22. The summed E-state index contributed by atoms with van der Waals surface area (Å²) < 4.78 is 1.96. The molecule has 3 rings (SSSR count). The lowest BCUT2D eigenvalue weighted by atomic mass is 10.1. The summed E-state index contributed by atoms with van der Waals surface area (Å²) in [6, 6.07) is 10.6. The maximum Gasteiger partial charge on any atom is 0.255 e. The summed E-state index contributed by atoms with van der Waals surface area (Å²) in [5.41, 5.74) is 3.87. The number of carbonyl (C=O) groups is 1. The minimum atomic E-state index is 0.0442. The predicted molar refractivity (Wildman–Crippen MR) is 87.0 cm³/mol. The number of amides is 1. The molecular weight excluding hydrogens is 274 g/mol. The van der Waals surface area contributed by atoms with Gasteiger partial charge in [-0.2, -0.15) is 5.10 Å². The zero-order valence-electron chi connectivity index (χ0n) is 13.3. The Morgan fingerprint density at radius 3 is 2.68 bits per heavy atom. The van der Waals surface area contributed by atoms with Crippen molar-refractivity contribution in [3.63, 3.8) is 0 Å². The molecular formula is C18H23N3O. The van der Waals surface area contributed by atoms with E-state index in [9.17, 15) is 4.79 Å². The van der Waals surface area contributed by atoms with Crippen molar-refractivity contribution in [2.24, 2.45) is 0 Å². The molecule has 0 radical (unpaired) electrons. The molecule has 116 valence electrons. The van der Waals surface area contributed by atoms with Gasteiger partial charge in [0.2, 0.25) is 0 Å². The van der Waals surface area contributed by atoms with Gasteiger partial charge in [-0.25, -0.2) is 0 Å². The molecule has 22 heavy (non-hydrogen) atoms. The Hall–Kier alpha value is -2.10. The third kappa shape index (κ3) is 3.21. The zero-order chi connectivity index (χ0) is 15.5. The van der Waals surface area contributed by atoms with Crippen LogP contribution in [-0.4, -0.2) is 21.7 Å². The van der Waals surface area contributed by atoms with Crippen LogP contribution in [0.2, 0.25) is 0 Å². The van der Waals surface area contributed by atoms with Gasteiger partial charge in [-0.15, -0.1) is 0 Å². The lowest BCUT2D eigenvalue weighted by Crippen LogP contribution is -2.26. The van der Waals surface area contributed by atoms with E-state index < -0.39 is 0 Å². The number of nitrogens with one attached hydrogen (secondary N) is 1. The highest BCUT2D eigenvalue weighted by molar-refractivity contribution is 5.96. The van der Waals surface area contributed by atoms with Crippen molar-refractivity contribution in [1.82, 2.24) is 15.1 Å². The number of aromatic nitrogens is 2. The quantitative estimate of drug-likeness (QED) is 0.890. The molecule has 2 aromatic rings. The molecule has 1 aliphatic rings. The summed E-state index contributed by atoms with van der Waals surface area (Å²) >= 11 is 0. The monoisotopic (exact) mass is 297 g/mol. The van der Waals surface area contributed by atoms with E-state index in [1.54, 1.807) is 0 Å². The van der Waals surface area contributed by atoms with Crippen LogP contribution >= 0.6 is 0 Å². The number of hydrogen-bond acceptors (Lipinski definition) is 2. The molecule has 0 atom stereocenters. The van der Waals surface area contributed by atoms with E-state index in [1.807, 2.05) is 29.8 Å². The number of carbonyl (C=O) groups excluding carboxylic acids is 1. The third-order valence-electron chi connectivity index (χ3n) is 4.08. The first-order chi connectivity index (χ1) is 10.7. The second-order valence-corrected chi connectivity index (χ2v) is 6.05. The lowest BCUT2D eigenvalue weighted by Gasteiger charge is -2.06. The highest BCUT2D eigenvalue weighted by Gasteiger charge is 2.27. The largest absolute Gasteiger partial charge is 0.349 e. The molecule has 1 saturated carbocycles.